The summed E-state index contributed by atoms with van der Waals surface area (Å²) in [6.45, 7) is 0. The van der Waals surface area contributed by atoms with E-state index < -0.39 is 0 Å². The van der Waals surface area contributed by atoms with Gasteiger partial charge in [-0.05, 0) is 48.3 Å². The first-order valence-electron chi connectivity index (χ1n) is 7.56. The van der Waals surface area contributed by atoms with E-state index in [1.807, 2.05) is 12.5 Å². The molecule has 5 nitrogen and oxygen atoms in total. The van der Waals surface area contributed by atoms with E-state index in [1.54, 1.807) is 0 Å². The lowest BCUT2D eigenvalue weighted by Gasteiger charge is -2.13. The van der Waals surface area contributed by atoms with E-state index in [4.69, 9.17) is 4.98 Å². The highest BCUT2D eigenvalue weighted by Crippen LogP contribution is 2.38. The monoisotopic (exact) mass is 396 g/mol. The first kappa shape index (κ1) is 13.5. The largest absolute Gasteiger partial charge is 0.325 e. The summed E-state index contributed by atoms with van der Waals surface area (Å²) < 4.78 is 2.89. The molecule has 4 rings (SSSR count). The van der Waals surface area contributed by atoms with Gasteiger partial charge in [-0.1, -0.05) is 12.8 Å². The summed E-state index contributed by atoms with van der Waals surface area (Å²) in [5.74, 6) is 1.11. The molecule has 2 aliphatic carbocycles. The highest BCUT2D eigenvalue weighted by Gasteiger charge is 2.28. The molecule has 0 bridgehead atoms. The predicted molar refractivity (Wildman–Crippen MR) is 88.3 cm³/mol. The summed E-state index contributed by atoms with van der Waals surface area (Å²) >= 11 is 2.13. The van der Waals surface area contributed by atoms with Gasteiger partial charge < -0.3 is 9.55 Å². The number of halogens is 1. The molecule has 0 spiro atoms. The van der Waals surface area contributed by atoms with Crippen LogP contribution in [0.2, 0.25) is 0 Å². The number of nitrogens with zero attached hydrogens (tertiary/aromatic N) is 3. The molecule has 0 atom stereocenters. The van der Waals surface area contributed by atoms with Crippen LogP contribution in [0.25, 0.3) is 11.5 Å². The minimum Gasteiger partial charge on any atom is -0.325 e. The zero-order valence-corrected chi connectivity index (χ0v) is 13.8. The Labute approximate surface area is 136 Å². The smallest absolute Gasteiger partial charge is 0.264 e. The molecule has 2 fully saturated rings. The highest BCUT2D eigenvalue weighted by molar-refractivity contribution is 14.1. The molecular weight excluding hydrogens is 379 g/mol. The van der Waals surface area contributed by atoms with Crippen molar-refractivity contribution in [2.45, 2.75) is 50.5 Å². The number of H-pyrrole nitrogens is 1. The number of imidazole rings is 1. The highest BCUT2D eigenvalue weighted by atomic mass is 127. The van der Waals surface area contributed by atoms with Crippen LogP contribution in [-0.4, -0.2) is 19.5 Å². The Kier molecular flexibility index (Phi) is 3.35. The molecule has 2 saturated carbocycles. The molecule has 2 aliphatic rings. The standard InChI is InChI=1S/C15H17IN4O/c16-12-13(9-3-1-2-4-9)18-14(19-15(12)21)11-7-17-8-20(11)10-5-6-10/h7-10H,1-6H2,(H,18,19,21). The van der Waals surface area contributed by atoms with E-state index in [2.05, 4.69) is 37.1 Å². The molecule has 0 amide bonds. The van der Waals surface area contributed by atoms with Gasteiger partial charge in [-0.25, -0.2) is 9.97 Å². The van der Waals surface area contributed by atoms with E-state index in [0.29, 0.717) is 17.8 Å². The van der Waals surface area contributed by atoms with Gasteiger partial charge in [-0.15, -0.1) is 0 Å². The van der Waals surface area contributed by atoms with Crippen molar-refractivity contribution in [2.75, 3.05) is 0 Å². The topological polar surface area (TPSA) is 63.6 Å². The minimum absolute atomic E-state index is 0.0222. The second-order valence-corrected chi connectivity index (χ2v) is 7.09. The Morgan fingerprint density at radius 3 is 2.71 bits per heavy atom. The first-order valence-corrected chi connectivity index (χ1v) is 8.64. The Balaban J connectivity index is 1.81. The molecule has 110 valence electrons. The van der Waals surface area contributed by atoms with Crippen molar-refractivity contribution in [1.82, 2.24) is 19.5 Å². The van der Waals surface area contributed by atoms with Gasteiger partial charge in [0.2, 0.25) is 0 Å². The average Bonchev–Trinajstić information content (AvgIpc) is 3.01. The maximum Gasteiger partial charge on any atom is 0.264 e. The zero-order valence-electron chi connectivity index (χ0n) is 11.7. The molecular formula is C15H17IN4O. The van der Waals surface area contributed by atoms with Crippen LogP contribution in [0.5, 0.6) is 0 Å². The van der Waals surface area contributed by atoms with Crippen LogP contribution in [0.15, 0.2) is 17.3 Å². The van der Waals surface area contributed by atoms with E-state index in [0.717, 1.165) is 27.8 Å². The number of aromatic nitrogens is 4. The van der Waals surface area contributed by atoms with Crippen LogP contribution >= 0.6 is 22.6 Å². The van der Waals surface area contributed by atoms with Gasteiger partial charge in [0.05, 0.1) is 18.2 Å². The van der Waals surface area contributed by atoms with E-state index in [-0.39, 0.29) is 5.56 Å². The lowest BCUT2D eigenvalue weighted by atomic mass is 10.0. The molecule has 0 saturated heterocycles. The van der Waals surface area contributed by atoms with Crippen molar-refractivity contribution >= 4 is 22.6 Å². The summed E-state index contributed by atoms with van der Waals surface area (Å²) in [5, 5.41) is 0. The molecule has 0 aromatic carbocycles. The van der Waals surface area contributed by atoms with E-state index in [1.165, 1.54) is 25.7 Å². The summed E-state index contributed by atoms with van der Waals surface area (Å²) in [5.41, 5.74) is 1.90. The van der Waals surface area contributed by atoms with Crippen molar-refractivity contribution < 1.29 is 0 Å². The third-order valence-electron chi connectivity index (χ3n) is 4.48. The van der Waals surface area contributed by atoms with Gasteiger partial charge in [0, 0.05) is 12.0 Å². The summed E-state index contributed by atoms with van der Waals surface area (Å²) in [4.78, 5) is 24.2. The summed E-state index contributed by atoms with van der Waals surface area (Å²) in [6.07, 6.45) is 10.8. The number of hydrogen-bond donors (Lipinski definition) is 1. The van der Waals surface area contributed by atoms with Crippen molar-refractivity contribution in [3.05, 3.63) is 32.1 Å². The van der Waals surface area contributed by atoms with Gasteiger partial charge in [-0.2, -0.15) is 0 Å². The maximum atomic E-state index is 12.3. The molecule has 21 heavy (non-hydrogen) atoms. The van der Waals surface area contributed by atoms with Crippen LogP contribution in [0.3, 0.4) is 0 Å². The van der Waals surface area contributed by atoms with Gasteiger partial charge in [0.25, 0.3) is 5.56 Å². The van der Waals surface area contributed by atoms with Crippen LogP contribution < -0.4 is 5.56 Å². The van der Waals surface area contributed by atoms with Gasteiger partial charge in [0.1, 0.15) is 9.26 Å². The molecule has 0 aliphatic heterocycles. The number of aromatic amines is 1. The third kappa shape index (κ3) is 2.43. The molecule has 6 heteroatoms. The third-order valence-corrected chi connectivity index (χ3v) is 5.52. The maximum absolute atomic E-state index is 12.3. The average molecular weight is 396 g/mol. The molecule has 2 heterocycles. The second-order valence-electron chi connectivity index (χ2n) is 6.01. The normalized spacial score (nSPS) is 19.3. The van der Waals surface area contributed by atoms with Gasteiger partial charge >= 0.3 is 0 Å². The number of hydrogen-bond acceptors (Lipinski definition) is 3. The number of nitrogens with one attached hydrogen (secondary N) is 1. The molecule has 0 unspecified atom stereocenters. The fraction of sp³-hybridized carbons (Fsp3) is 0.533. The summed E-state index contributed by atoms with van der Waals surface area (Å²) in [6, 6.07) is 0.530. The Morgan fingerprint density at radius 2 is 2.00 bits per heavy atom. The van der Waals surface area contributed by atoms with Crippen LogP contribution in [0, 0.1) is 3.57 Å². The zero-order chi connectivity index (χ0) is 14.4. The fourth-order valence-corrected chi connectivity index (χ4v) is 3.89. The van der Waals surface area contributed by atoms with Crippen LogP contribution in [0.1, 0.15) is 56.2 Å². The van der Waals surface area contributed by atoms with Gasteiger partial charge in [-0.3, -0.25) is 4.79 Å². The van der Waals surface area contributed by atoms with Crippen molar-refractivity contribution in [3.63, 3.8) is 0 Å². The quantitative estimate of drug-likeness (QED) is 0.811. The SMILES string of the molecule is O=c1[nH]c(-c2cncn2C2CC2)nc(C2CCCC2)c1I. The fourth-order valence-electron chi connectivity index (χ4n) is 3.20. The van der Waals surface area contributed by atoms with Crippen LogP contribution in [0.4, 0.5) is 0 Å². The van der Waals surface area contributed by atoms with Crippen molar-refractivity contribution in [1.29, 1.82) is 0 Å². The van der Waals surface area contributed by atoms with Crippen LogP contribution in [-0.2, 0) is 0 Å². The molecule has 0 radical (unpaired) electrons. The minimum atomic E-state index is -0.0222. The van der Waals surface area contributed by atoms with E-state index >= 15 is 0 Å². The molecule has 1 N–H and O–H groups in total. The first-order chi connectivity index (χ1) is 10.2. The Bertz CT molecular complexity index is 726. The predicted octanol–water partition coefficient (Wildman–Crippen LogP) is 3.23. The summed E-state index contributed by atoms with van der Waals surface area (Å²) in [7, 11) is 0. The second kappa shape index (κ2) is 5.23. The Morgan fingerprint density at radius 1 is 1.24 bits per heavy atom. The lowest BCUT2D eigenvalue weighted by Crippen LogP contribution is -2.18. The number of rotatable bonds is 3. The lowest BCUT2D eigenvalue weighted by molar-refractivity contribution is 0.684. The Hall–Kier alpha value is -1.18. The van der Waals surface area contributed by atoms with Crippen molar-refractivity contribution in [2.24, 2.45) is 0 Å². The molecule has 2 aromatic heterocycles. The molecule has 2 aromatic rings. The van der Waals surface area contributed by atoms with E-state index in [9.17, 15) is 4.79 Å². The van der Waals surface area contributed by atoms with Gasteiger partial charge in [0.15, 0.2) is 5.82 Å². The van der Waals surface area contributed by atoms with Crippen molar-refractivity contribution in [3.8, 4) is 11.5 Å².